The molecule has 1 aliphatic rings. The predicted molar refractivity (Wildman–Crippen MR) is 76.0 cm³/mol. The van der Waals surface area contributed by atoms with E-state index in [4.69, 9.17) is 10.7 Å². The number of amides is 1. The zero-order valence-electron chi connectivity index (χ0n) is 10.9. The molecule has 6 heteroatoms. The SMILES string of the molecule is Cc1cc(C)cc(N2CC(CS(=O)(=O)Cl)CC2=O)c1. The van der Waals surface area contributed by atoms with Gasteiger partial charge in [0.25, 0.3) is 0 Å². The zero-order chi connectivity index (χ0) is 14.2. The Kier molecular flexibility index (Phi) is 3.87. The van der Waals surface area contributed by atoms with Crippen LogP contribution in [0.1, 0.15) is 17.5 Å². The Morgan fingerprint density at radius 1 is 1.26 bits per heavy atom. The molecule has 0 saturated carbocycles. The van der Waals surface area contributed by atoms with Gasteiger partial charge in [0, 0.05) is 35.3 Å². The molecule has 1 aliphatic heterocycles. The molecule has 1 saturated heterocycles. The smallest absolute Gasteiger partial charge is 0.232 e. The third kappa shape index (κ3) is 3.70. The van der Waals surface area contributed by atoms with Gasteiger partial charge in [0.1, 0.15) is 0 Å². The lowest BCUT2D eigenvalue weighted by molar-refractivity contribution is -0.117. The van der Waals surface area contributed by atoms with Crippen molar-refractivity contribution in [1.29, 1.82) is 0 Å². The highest BCUT2D eigenvalue weighted by molar-refractivity contribution is 8.13. The summed E-state index contributed by atoms with van der Waals surface area (Å²) in [5.74, 6) is -0.423. The molecule has 1 fully saturated rings. The van der Waals surface area contributed by atoms with Gasteiger partial charge >= 0.3 is 0 Å². The van der Waals surface area contributed by atoms with E-state index in [1.54, 1.807) is 4.90 Å². The number of halogens is 1. The van der Waals surface area contributed by atoms with Crippen molar-refractivity contribution in [3.63, 3.8) is 0 Å². The fraction of sp³-hybridized carbons (Fsp3) is 0.462. The molecule has 1 amide bonds. The maximum Gasteiger partial charge on any atom is 0.232 e. The summed E-state index contributed by atoms with van der Waals surface area (Å²) in [5.41, 5.74) is 2.99. The van der Waals surface area contributed by atoms with Gasteiger partial charge in [-0.3, -0.25) is 4.79 Å². The molecule has 0 bridgehead atoms. The fourth-order valence-electron chi connectivity index (χ4n) is 2.53. The summed E-state index contributed by atoms with van der Waals surface area (Å²) in [5, 5.41) is 0. The van der Waals surface area contributed by atoms with Crippen LogP contribution < -0.4 is 4.90 Å². The lowest BCUT2D eigenvalue weighted by atomic mass is 10.1. The van der Waals surface area contributed by atoms with Crippen LogP contribution in [0.2, 0.25) is 0 Å². The molecule has 1 heterocycles. The first-order valence-corrected chi connectivity index (χ1v) is 8.53. The minimum Gasteiger partial charge on any atom is -0.312 e. The summed E-state index contributed by atoms with van der Waals surface area (Å²) < 4.78 is 22.2. The number of carbonyl (C=O) groups is 1. The second kappa shape index (κ2) is 5.13. The Balaban J connectivity index is 2.20. The minimum atomic E-state index is -3.56. The van der Waals surface area contributed by atoms with Crippen LogP contribution in [0.25, 0.3) is 0 Å². The van der Waals surface area contributed by atoms with E-state index in [1.807, 2.05) is 32.0 Å². The van der Waals surface area contributed by atoms with Crippen molar-refractivity contribution in [2.75, 3.05) is 17.2 Å². The molecule has 4 nitrogen and oxygen atoms in total. The highest BCUT2D eigenvalue weighted by Gasteiger charge is 2.33. The van der Waals surface area contributed by atoms with Crippen molar-refractivity contribution in [1.82, 2.24) is 0 Å². The maximum absolute atomic E-state index is 12.0. The van der Waals surface area contributed by atoms with E-state index in [-0.39, 0.29) is 24.0 Å². The summed E-state index contributed by atoms with van der Waals surface area (Å²) in [6.07, 6.45) is 0.235. The van der Waals surface area contributed by atoms with Crippen molar-refractivity contribution < 1.29 is 13.2 Å². The number of nitrogens with zero attached hydrogens (tertiary/aromatic N) is 1. The third-order valence-electron chi connectivity index (χ3n) is 3.16. The average Bonchev–Trinajstić information content (AvgIpc) is 2.54. The van der Waals surface area contributed by atoms with Crippen LogP contribution in [0.5, 0.6) is 0 Å². The first kappa shape index (κ1) is 14.3. The van der Waals surface area contributed by atoms with Crippen molar-refractivity contribution >= 4 is 31.3 Å². The normalized spacial score (nSPS) is 20.1. The van der Waals surface area contributed by atoms with Crippen LogP contribution in [-0.4, -0.2) is 26.6 Å². The van der Waals surface area contributed by atoms with Crippen LogP contribution in [-0.2, 0) is 13.8 Å². The Labute approximate surface area is 117 Å². The Hall–Kier alpha value is -1.07. The fourth-order valence-corrected chi connectivity index (χ4v) is 3.85. The molecule has 0 radical (unpaired) electrons. The van der Waals surface area contributed by atoms with Gasteiger partial charge in [0.05, 0.1) is 5.75 Å². The Bertz CT molecular complexity index is 592. The van der Waals surface area contributed by atoms with Crippen LogP contribution >= 0.6 is 10.7 Å². The van der Waals surface area contributed by atoms with Gasteiger partial charge in [0.15, 0.2) is 0 Å². The molecule has 19 heavy (non-hydrogen) atoms. The average molecular weight is 302 g/mol. The number of hydrogen-bond donors (Lipinski definition) is 0. The number of anilines is 1. The predicted octanol–water partition coefficient (Wildman–Crippen LogP) is 2.22. The maximum atomic E-state index is 12.0. The Morgan fingerprint density at radius 2 is 1.84 bits per heavy atom. The van der Waals surface area contributed by atoms with E-state index in [1.165, 1.54) is 0 Å². The molecule has 1 aromatic carbocycles. The monoisotopic (exact) mass is 301 g/mol. The van der Waals surface area contributed by atoms with Gasteiger partial charge in [-0.15, -0.1) is 0 Å². The molecular formula is C13H16ClNO3S. The second-order valence-electron chi connectivity index (χ2n) is 5.13. The third-order valence-corrected chi connectivity index (χ3v) is 4.41. The highest BCUT2D eigenvalue weighted by Crippen LogP contribution is 2.28. The topological polar surface area (TPSA) is 54.5 Å². The van der Waals surface area contributed by atoms with Gasteiger partial charge in [-0.25, -0.2) is 8.42 Å². The van der Waals surface area contributed by atoms with Crippen LogP contribution in [0.3, 0.4) is 0 Å². The molecule has 0 aliphatic carbocycles. The number of carbonyl (C=O) groups excluding carboxylic acids is 1. The van der Waals surface area contributed by atoms with Gasteiger partial charge in [0.2, 0.25) is 15.0 Å². The van der Waals surface area contributed by atoms with Crippen molar-refractivity contribution in [3.8, 4) is 0 Å². The van der Waals surface area contributed by atoms with Gasteiger partial charge in [-0.1, -0.05) is 6.07 Å². The van der Waals surface area contributed by atoms with Crippen LogP contribution in [0.4, 0.5) is 5.69 Å². The summed E-state index contributed by atoms with van der Waals surface area (Å²) in [4.78, 5) is 13.6. The summed E-state index contributed by atoms with van der Waals surface area (Å²) >= 11 is 0. The zero-order valence-corrected chi connectivity index (χ0v) is 12.5. The van der Waals surface area contributed by atoms with Gasteiger partial charge in [-0.05, 0) is 37.1 Å². The van der Waals surface area contributed by atoms with Crippen LogP contribution in [0.15, 0.2) is 18.2 Å². The number of rotatable bonds is 3. The molecule has 1 atom stereocenters. The molecule has 104 valence electrons. The van der Waals surface area contributed by atoms with E-state index in [0.717, 1.165) is 16.8 Å². The number of benzene rings is 1. The Morgan fingerprint density at radius 3 is 2.37 bits per heavy atom. The molecular weight excluding hydrogens is 286 g/mol. The minimum absolute atomic E-state index is 0.0460. The van der Waals surface area contributed by atoms with E-state index in [2.05, 4.69) is 0 Å². The highest BCUT2D eigenvalue weighted by atomic mass is 35.7. The first-order chi connectivity index (χ1) is 8.74. The number of hydrogen-bond acceptors (Lipinski definition) is 3. The molecule has 0 spiro atoms. The van der Waals surface area contributed by atoms with E-state index in [9.17, 15) is 13.2 Å². The summed E-state index contributed by atoms with van der Waals surface area (Å²) in [6, 6.07) is 5.90. The first-order valence-electron chi connectivity index (χ1n) is 6.05. The van der Waals surface area contributed by atoms with Gasteiger partial charge in [-0.2, -0.15) is 0 Å². The summed E-state index contributed by atoms with van der Waals surface area (Å²) in [7, 11) is 1.69. The number of aryl methyl sites for hydroxylation is 2. The van der Waals surface area contributed by atoms with Crippen LogP contribution in [0, 0.1) is 19.8 Å². The van der Waals surface area contributed by atoms with E-state index in [0.29, 0.717) is 6.54 Å². The largest absolute Gasteiger partial charge is 0.312 e. The lowest BCUT2D eigenvalue weighted by Gasteiger charge is -2.18. The van der Waals surface area contributed by atoms with Gasteiger partial charge < -0.3 is 4.90 Å². The summed E-state index contributed by atoms with van der Waals surface area (Å²) in [6.45, 7) is 4.35. The van der Waals surface area contributed by atoms with E-state index >= 15 is 0 Å². The molecule has 0 aromatic heterocycles. The molecule has 1 unspecified atom stereocenters. The van der Waals surface area contributed by atoms with Crippen molar-refractivity contribution in [3.05, 3.63) is 29.3 Å². The van der Waals surface area contributed by atoms with Crippen molar-refractivity contribution in [2.45, 2.75) is 20.3 Å². The van der Waals surface area contributed by atoms with E-state index < -0.39 is 9.05 Å². The molecule has 0 N–H and O–H groups in total. The molecule has 2 rings (SSSR count). The molecule has 1 aromatic rings. The second-order valence-corrected chi connectivity index (χ2v) is 7.95. The quantitative estimate of drug-likeness (QED) is 0.805. The van der Waals surface area contributed by atoms with Crippen molar-refractivity contribution in [2.24, 2.45) is 5.92 Å². The standard InChI is InChI=1S/C13H16ClNO3S/c1-9-3-10(2)5-12(4-9)15-7-11(6-13(15)16)8-19(14,17)18/h3-5,11H,6-8H2,1-2H3. The lowest BCUT2D eigenvalue weighted by Crippen LogP contribution is -2.25.